The van der Waals surface area contributed by atoms with E-state index in [1.54, 1.807) is 6.20 Å². The van der Waals surface area contributed by atoms with Gasteiger partial charge in [-0.15, -0.1) is 0 Å². The van der Waals surface area contributed by atoms with Crippen molar-refractivity contribution in [3.8, 4) is 0 Å². The second kappa shape index (κ2) is 10.9. The van der Waals surface area contributed by atoms with Crippen molar-refractivity contribution in [1.82, 2.24) is 15.2 Å². The molecule has 0 spiro atoms. The topological polar surface area (TPSA) is 54.5 Å². The minimum atomic E-state index is -0.212. The van der Waals surface area contributed by atoms with E-state index in [1.807, 2.05) is 18.3 Å². The van der Waals surface area contributed by atoms with Crippen LogP contribution in [0.15, 0.2) is 73.1 Å². The van der Waals surface area contributed by atoms with E-state index in [9.17, 15) is 4.79 Å². The lowest BCUT2D eigenvalue weighted by Gasteiger charge is -2.36. The van der Waals surface area contributed by atoms with Gasteiger partial charge in [0.15, 0.2) is 0 Å². The third-order valence-electron chi connectivity index (χ3n) is 7.04. The monoisotopic (exact) mass is 455 g/mol. The third kappa shape index (κ3) is 5.21. The van der Waals surface area contributed by atoms with Crippen LogP contribution in [-0.4, -0.2) is 48.1 Å². The Kier molecular flexibility index (Phi) is 7.32. The maximum Gasteiger partial charge on any atom is 0.234 e. The van der Waals surface area contributed by atoms with Crippen LogP contribution in [0.1, 0.15) is 46.6 Å². The molecule has 1 atom stereocenters. The van der Waals surface area contributed by atoms with Gasteiger partial charge in [0.25, 0.3) is 0 Å². The largest absolute Gasteiger partial charge is 0.377 e. The molecule has 2 aliphatic rings. The lowest BCUT2D eigenvalue weighted by molar-refractivity contribution is -0.133. The number of rotatable bonds is 7. The average Bonchev–Trinajstić information content (AvgIpc) is 3.06. The molecule has 0 unspecified atom stereocenters. The smallest absolute Gasteiger partial charge is 0.234 e. The van der Waals surface area contributed by atoms with Gasteiger partial charge in [-0.1, -0.05) is 54.6 Å². The molecule has 1 fully saturated rings. The number of ether oxygens (including phenoxy) is 1. The molecule has 2 heterocycles. The molecule has 2 aromatic carbocycles. The summed E-state index contributed by atoms with van der Waals surface area (Å²) in [6.07, 6.45) is 7.55. The summed E-state index contributed by atoms with van der Waals surface area (Å²) in [4.78, 5) is 20.2. The second-order valence-electron chi connectivity index (χ2n) is 9.32. The molecule has 5 heteroatoms. The predicted octanol–water partition coefficient (Wildman–Crippen LogP) is 4.11. The van der Waals surface area contributed by atoms with Crippen LogP contribution in [0, 0.1) is 0 Å². The SMILES string of the molecule is O=C(C1c2ccccc2CCc2ccccc21)N1CCN[C@@H](CCCOCc2cccnc2)C1. The number of pyridine rings is 1. The molecule has 0 bridgehead atoms. The molecule has 1 aromatic heterocycles. The summed E-state index contributed by atoms with van der Waals surface area (Å²) < 4.78 is 5.82. The van der Waals surface area contributed by atoms with Gasteiger partial charge < -0.3 is 15.0 Å². The highest BCUT2D eigenvalue weighted by molar-refractivity contribution is 5.88. The van der Waals surface area contributed by atoms with Gasteiger partial charge >= 0.3 is 0 Å². The lowest BCUT2D eigenvalue weighted by atomic mass is 9.86. The summed E-state index contributed by atoms with van der Waals surface area (Å²) in [5.74, 6) is 0.0255. The Bertz CT molecular complexity index is 1050. The van der Waals surface area contributed by atoms with Gasteiger partial charge in [0, 0.05) is 44.7 Å². The Hall–Kier alpha value is -3.02. The standard InChI is InChI=1S/C29H33N3O2/c33-29(28-26-11-3-1-8-23(26)13-14-24-9-2-4-12-27(24)28)32-17-16-31-25(20-32)10-6-18-34-21-22-7-5-15-30-19-22/h1-5,7-9,11-12,15,19,25,28,31H,6,10,13-14,16-18,20-21H2/t25-/m0/s1. The van der Waals surface area contributed by atoms with Gasteiger partial charge in [0.2, 0.25) is 5.91 Å². The lowest BCUT2D eigenvalue weighted by Crippen LogP contribution is -2.53. The van der Waals surface area contributed by atoms with E-state index in [-0.39, 0.29) is 11.8 Å². The number of nitrogens with zero attached hydrogens (tertiary/aromatic N) is 2. The zero-order chi connectivity index (χ0) is 23.2. The number of amides is 1. The highest BCUT2D eigenvalue weighted by Gasteiger charge is 2.34. The van der Waals surface area contributed by atoms with Crippen molar-refractivity contribution in [2.75, 3.05) is 26.2 Å². The number of benzene rings is 2. The van der Waals surface area contributed by atoms with E-state index >= 15 is 0 Å². The minimum Gasteiger partial charge on any atom is -0.377 e. The van der Waals surface area contributed by atoms with Crippen molar-refractivity contribution in [1.29, 1.82) is 0 Å². The predicted molar refractivity (Wildman–Crippen MR) is 134 cm³/mol. The van der Waals surface area contributed by atoms with Gasteiger partial charge in [-0.05, 0) is 59.6 Å². The summed E-state index contributed by atoms with van der Waals surface area (Å²) in [7, 11) is 0. The van der Waals surface area contributed by atoms with Crippen molar-refractivity contribution in [2.24, 2.45) is 0 Å². The minimum absolute atomic E-state index is 0.212. The van der Waals surface area contributed by atoms with Crippen molar-refractivity contribution in [3.05, 3.63) is 101 Å². The maximum absolute atomic E-state index is 14.0. The van der Waals surface area contributed by atoms with E-state index in [0.717, 1.165) is 50.9 Å². The molecule has 1 aliphatic heterocycles. The van der Waals surface area contributed by atoms with Crippen LogP contribution in [0.5, 0.6) is 0 Å². The zero-order valence-corrected chi connectivity index (χ0v) is 19.7. The third-order valence-corrected chi connectivity index (χ3v) is 7.04. The van der Waals surface area contributed by atoms with Crippen LogP contribution >= 0.6 is 0 Å². The molecular weight excluding hydrogens is 422 g/mol. The number of fused-ring (bicyclic) bond motifs is 2. The quantitative estimate of drug-likeness (QED) is 0.545. The number of hydrogen-bond acceptors (Lipinski definition) is 4. The van der Waals surface area contributed by atoms with Gasteiger partial charge in [-0.25, -0.2) is 0 Å². The number of piperazine rings is 1. The molecule has 5 rings (SSSR count). The van der Waals surface area contributed by atoms with Crippen LogP contribution in [0.25, 0.3) is 0 Å². The molecule has 1 saturated heterocycles. The normalized spacial score (nSPS) is 18.1. The fourth-order valence-corrected chi connectivity index (χ4v) is 5.30. The number of hydrogen-bond donors (Lipinski definition) is 1. The highest BCUT2D eigenvalue weighted by Crippen LogP contribution is 2.35. The Balaban J connectivity index is 1.22. The first-order chi connectivity index (χ1) is 16.8. The fourth-order valence-electron chi connectivity index (χ4n) is 5.30. The van der Waals surface area contributed by atoms with Gasteiger partial charge in [-0.2, -0.15) is 0 Å². The molecule has 176 valence electrons. The molecule has 1 aliphatic carbocycles. The van der Waals surface area contributed by atoms with E-state index < -0.39 is 0 Å². The molecule has 0 saturated carbocycles. The van der Waals surface area contributed by atoms with Gasteiger partial charge in [-0.3, -0.25) is 9.78 Å². The Labute approximate surface area is 202 Å². The van der Waals surface area contributed by atoms with E-state index in [4.69, 9.17) is 4.74 Å². The number of nitrogens with one attached hydrogen (secondary N) is 1. The molecule has 5 nitrogen and oxygen atoms in total. The van der Waals surface area contributed by atoms with Gasteiger partial charge in [0.1, 0.15) is 0 Å². The summed E-state index contributed by atoms with van der Waals surface area (Å²) in [6, 6.07) is 21.3. The van der Waals surface area contributed by atoms with Crippen LogP contribution in [0.2, 0.25) is 0 Å². The molecule has 34 heavy (non-hydrogen) atoms. The molecule has 0 radical (unpaired) electrons. The van der Waals surface area contributed by atoms with E-state index in [2.05, 4.69) is 63.7 Å². The van der Waals surface area contributed by atoms with Crippen LogP contribution in [0.3, 0.4) is 0 Å². The first-order valence-corrected chi connectivity index (χ1v) is 12.4. The number of carbonyl (C=O) groups is 1. The Morgan fingerprint density at radius 3 is 2.44 bits per heavy atom. The highest BCUT2D eigenvalue weighted by atomic mass is 16.5. The average molecular weight is 456 g/mol. The van der Waals surface area contributed by atoms with Crippen LogP contribution in [-0.2, 0) is 29.0 Å². The Morgan fingerprint density at radius 2 is 1.74 bits per heavy atom. The zero-order valence-electron chi connectivity index (χ0n) is 19.7. The first kappa shape index (κ1) is 22.8. The molecule has 3 aromatic rings. The Morgan fingerprint density at radius 1 is 1.00 bits per heavy atom. The second-order valence-corrected chi connectivity index (χ2v) is 9.32. The summed E-state index contributed by atoms with van der Waals surface area (Å²) >= 11 is 0. The summed E-state index contributed by atoms with van der Waals surface area (Å²) in [6.45, 7) is 3.65. The molecular formula is C29H33N3O2. The first-order valence-electron chi connectivity index (χ1n) is 12.4. The van der Waals surface area contributed by atoms with Crippen LogP contribution < -0.4 is 5.32 Å². The van der Waals surface area contributed by atoms with Crippen molar-refractivity contribution < 1.29 is 9.53 Å². The fraction of sp³-hybridized carbons (Fsp3) is 0.379. The summed E-state index contributed by atoms with van der Waals surface area (Å²) in [5, 5.41) is 3.61. The van der Waals surface area contributed by atoms with E-state index in [0.29, 0.717) is 19.3 Å². The number of carbonyl (C=O) groups excluding carboxylic acids is 1. The summed E-state index contributed by atoms with van der Waals surface area (Å²) in [5.41, 5.74) is 6.05. The number of aryl methyl sites for hydroxylation is 2. The van der Waals surface area contributed by atoms with Crippen molar-refractivity contribution in [2.45, 2.75) is 44.2 Å². The maximum atomic E-state index is 14.0. The van der Waals surface area contributed by atoms with Gasteiger partial charge in [0.05, 0.1) is 12.5 Å². The van der Waals surface area contributed by atoms with Crippen LogP contribution in [0.4, 0.5) is 0 Å². The van der Waals surface area contributed by atoms with Crippen molar-refractivity contribution in [3.63, 3.8) is 0 Å². The van der Waals surface area contributed by atoms with Crippen molar-refractivity contribution >= 4 is 5.91 Å². The number of aromatic nitrogens is 1. The molecule has 1 N–H and O–H groups in total. The van der Waals surface area contributed by atoms with E-state index in [1.165, 1.54) is 22.3 Å². The molecule has 1 amide bonds.